The predicted molar refractivity (Wildman–Crippen MR) is 296 cm³/mol. The molecule has 2 amide bonds. The number of benzene rings is 2. The van der Waals surface area contributed by atoms with E-state index in [1.54, 1.807) is 64.0 Å². The molecule has 2 unspecified atom stereocenters. The maximum absolute atomic E-state index is 15.6. The van der Waals surface area contributed by atoms with Crippen LogP contribution in [0.2, 0.25) is 18.1 Å². The van der Waals surface area contributed by atoms with Gasteiger partial charge in [0.05, 0.1) is 76.2 Å². The van der Waals surface area contributed by atoms with Crippen molar-refractivity contribution in [1.29, 1.82) is 10.5 Å². The third-order valence-corrected chi connectivity index (χ3v) is 21.9. The largest absolute Gasteiger partial charge is 0.408 e. The monoisotopic (exact) mass is 1140 g/mol. The molecule has 0 aliphatic carbocycles. The van der Waals surface area contributed by atoms with Crippen LogP contribution in [0.4, 0.5) is 11.6 Å². The number of hydrogen-bond acceptors (Lipinski definition) is 19. The lowest BCUT2D eigenvalue weighted by atomic mass is 10.1. The smallest absolute Gasteiger partial charge is 0.406 e. The third kappa shape index (κ3) is 14.1. The van der Waals surface area contributed by atoms with Gasteiger partial charge in [0, 0.05) is 23.2 Å². The molecule has 2 aliphatic heterocycles. The standard InChI is InChI=1S/C52H68N14O10P2Si/c1-34(2)66(35(3)4)77(70-26-16-24-53)71-29-39-41(44(76-79(8,9)52(5,6)7)51(75-39)65-33-60-43-46(56-31-58-48(43)65)62-50(68)37-20-14-11-15-21-37)63-78(69,72-27-17-25-54)73-28-38-22-23-40(74-38)64-32-59-42-45(55-30-57-47(42)64)61-49(67)36-18-12-10-13-19-36/h10-15,18-21,30-35,38-41,44,51H,16-17,22-23,26-29H2,1-9H3,(H,63,69)(H,55,57,61,67)(H,56,58,62,68)/t38-,39+,40+,41+,44+,51+,77?,78?/m0/s1. The van der Waals surface area contributed by atoms with Gasteiger partial charge < -0.3 is 33.6 Å². The van der Waals surface area contributed by atoms with Crippen LogP contribution >= 0.6 is 16.3 Å². The van der Waals surface area contributed by atoms with Gasteiger partial charge in [0.15, 0.2) is 48.5 Å². The minimum absolute atomic E-state index is 0.0204. The van der Waals surface area contributed by atoms with Gasteiger partial charge in [-0.25, -0.2) is 44.2 Å². The number of hydrogen-bond donors (Lipinski definition) is 3. The molecule has 4 aromatic heterocycles. The highest BCUT2D eigenvalue weighted by Gasteiger charge is 2.54. The summed E-state index contributed by atoms with van der Waals surface area (Å²) < 4.78 is 67.6. The van der Waals surface area contributed by atoms with E-state index in [1.165, 1.54) is 19.0 Å². The molecule has 0 bridgehead atoms. The van der Waals surface area contributed by atoms with E-state index in [2.05, 4.69) is 91.3 Å². The number of rotatable bonds is 25. The van der Waals surface area contributed by atoms with E-state index in [1.807, 2.05) is 39.8 Å². The van der Waals surface area contributed by atoms with Crippen molar-refractivity contribution >= 4 is 70.4 Å². The second-order valence-electron chi connectivity index (χ2n) is 21.0. The Kier molecular flexibility index (Phi) is 19.5. The number of carbonyl (C=O) groups excluding carboxylic acids is 2. The number of carbonyl (C=O) groups is 2. The highest BCUT2D eigenvalue weighted by molar-refractivity contribution is 7.51. The molecule has 2 aliphatic rings. The van der Waals surface area contributed by atoms with E-state index in [0.717, 1.165) is 0 Å². The molecule has 420 valence electrons. The van der Waals surface area contributed by atoms with Crippen molar-refractivity contribution in [2.45, 2.75) is 141 Å². The Morgan fingerprint density at radius 1 is 0.772 bits per heavy atom. The quantitative estimate of drug-likeness (QED) is 0.0273. The highest BCUT2D eigenvalue weighted by Crippen LogP contribution is 2.52. The van der Waals surface area contributed by atoms with E-state index in [-0.39, 0.29) is 79.5 Å². The first kappa shape index (κ1) is 59.1. The molecule has 24 nitrogen and oxygen atoms in total. The summed E-state index contributed by atoms with van der Waals surface area (Å²) in [6.45, 7) is 18.1. The number of nitriles is 2. The summed E-state index contributed by atoms with van der Waals surface area (Å²) in [5.74, 6) is -0.340. The van der Waals surface area contributed by atoms with E-state index in [9.17, 15) is 20.1 Å². The molecule has 0 saturated carbocycles. The predicted octanol–water partition coefficient (Wildman–Crippen LogP) is 9.44. The van der Waals surface area contributed by atoms with Gasteiger partial charge in [-0.2, -0.15) is 10.5 Å². The summed E-state index contributed by atoms with van der Waals surface area (Å²) in [5.41, 5.74) is 2.26. The minimum atomic E-state index is -4.45. The number of amides is 2. The first-order valence-electron chi connectivity index (χ1n) is 26.1. The fourth-order valence-corrected chi connectivity index (χ4v) is 13.4. The van der Waals surface area contributed by atoms with E-state index >= 15 is 4.57 Å². The second kappa shape index (κ2) is 26.1. The van der Waals surface area contributed by atoms with Crippen LogP contribution in [-0.2, 0) is 36.6 Å². The maximum Gasteiger partial charge on any atom is 0.406 e. The number of anilines is 2. The third-order valence-electron chi connectivity index (χ3n) is 13.7. The van der Waals surface area contributed by atoms with Gasteiger partial charge in [-0.1, -0.05) is 57.2 Å². The van der Waals surface area contributed by atoms with Gasteiger partial charge >= 0.3 is 7.75 Å². The first-order valence-corrected chi connectivity index (χ1v) is 31.7. The number of aromatic nitrogens is 8. The second-order valence-corrected chi connectivity index (χ2v) is 28.9. The Morgan fingerprint density at radius 2 is 1.33 bits per heavy atom. The molecular formula is C52H68N14O10P2Si. The van der Waals surface area contributed by atoms with Gasteiger partial charge in [-0.05, 0) is 82.9 Å². The number of nitrogens with one attached hydrogen (secondary N) is 3. The molecule has 3 N–H and O–H groups in total. The van der Waals surface area contributed by atoms with E-state index < -0.39 is 67.3 Å². The maximum atomic E-state index is 15.6. The van der Waals surface area contributed by atoms with Crippen molar-refractivity contribution in [2.24, 2.45) is 0 Å². The average molecular weight is 1140 g/mol. The van der Waals surface area contributed by atoms with Gasteiger partial charge in [0.2, 0.25) is 0 Å². The van der Waals surface area contributed by atoms with Gasteiger partial charge in [-0.15, -0.1) is 0 Å². The van der Waals surface area contributed by atoms with Crippen LogP contribution in [-0.4, -0.2) is 127 Å². The lowest BCUT2D eigenvalue weighted by Crippen LogP contribution is -2.52. The van der Waals surface area contributed by atoms with Crippen LogP contribution in [0.25, 0.3) is 22.3 Å². The molecule has 0 spiro atoms. The van der Waals surface area contributed by atoms with Gasteiger partial charge in [0.1, 0.15) is 31.1 Å². The Morgan fingerprint density at radius 3 is 1.89 bits per heavy atom. The zero-order valence-electron chi connectivity index (χ0n) is 45.8. The SMILES string of the molecule is CC(C)N(C(C)C)P(OCCC#N)OC[C@H]1O[C@@H](n2cnc3c(NC(=O)c4ccccc4)ncnc32)[C@H](O[Si](C)(C)C(C)(C)C)[C@@H]1NP(=O)(OCCC#N)OC[C@@H]1CC[C@H](n2cnc3c(NC(=O)c4ccccc4)ncnc32)O1. The summed E-state index contributed by atoms with van der Waals surface area (Å²) in [6, 6.07) is 20.6. The fourth-order valence-electron chi connectivity index (χ4n) is 8.88. The Hall–Kier alpha value is -6.02. The molecule has 0 radical (unpaired) electrons. The summed E-state index contributed by atoms with van der Waals surface area (Å²) in [7, 11) is -9.03. The molecule has 27 heteroatoms. The van der Waals surface area contributed by atoms with Crippen molar-refractivity contribution in [1.82, 2.24) is 48.8 Å². The van der Waals surface area contributed by atoms with Crippen molar-refractivity contribution in [3.8, 4) is 12.1 Å². The molecule has 2 saturated heterocycles. The van der Waals surface area contributed by atoms with Crippen molar-refractivity contribution < 1.29 is 46.1 Å². The van der Waals surface area contributed by atoms with Gasteiger partial charge in [0.25, 0.3) is 20.3 Å². The van der Waals surface area contributed by atoms with E-state index in [0.29, 0.717) is 40.8 Å². The lowest BCUT2D eigenvalue weighted by Gasteiger charge is -2.41. The summed E-state index contributed by atoms with van der Waals surface area (Å²) in [6.07, 6.45) is 2.67. The topological polar surface area (TPSA) is 290 Å². The normalized spacial score (nSPS) is 20.9. The number of ether oxygens (including phenoxy) is 2. The molecule has 8 rings (SSSR count). The Labute approximate surface area is 461 Å². The minimum Gasteiger partial charge on any atom is -0.408 e. The van der Waals surface area contributed by atoms with Crippen LogP contribution in [0.1, 0.15) is 107 Å². The molecule has 2 fully saturated rings. The molecule has 6 heterocycles. The number of imidazole rings is 2. The van der Waals surface area contributed by atoms with Crippen molar-refractivity contribution in [2.75, 3.05) is 37.1 Å². The van der Waals surface area contributed by atoms with Crippen molar-refractivity contribution in [3.05, 3.63) is 97.1 Å². The van der Waals surface area contributed by atoms with Gasteiger partial charge in [-0.3, -0.25) is 27.8 Å². The van der Waals surface area contributed by atoms with Crippen LogP contribution < -0.4 is 15.7 Å². The molecular weight excluding hydrogens is 1070 g/mol. The molecule has 79 heavy (non-hydrogen) atoms. The zero-order chi connectivity index (χ0) is 56.5. The fraction of sp³-hybridized carbons (Fsp3) is 0.500. The lowest BCUT2D eigenvalue weighted by molar-refractivity contribution is -0.0447. The Balaban J connectivity index is 1.11. The first-order chi connectivity index (χ1) is 37.8. The summed E-state index contributed by atoms with van der Waals surface area (Å²) >= 11 is 0. The zero-order valence-corrected chi connectivity index (χ0v) is 48.5. The van der Waals surface area contributed by atoms with Crippen LogP contribution in [0.15, 0.2) is 86.0 Å². The van der Waals surface area contributed by atoms with Crippen LogP contribution in [0.3, 0.4) is 0 Å². The molecule has 6 aromatic rings. The van der Waals surface area contributed by atoms with Crippen LogP contribution in [0, 0.1) is 22.7 Å². The molecule has 2 aromatic carbocycles. The average Bonchev–Trinajstić information content (AvgIpc) is 4.46. The van der Waals surface area contributed by atoms with Crippen LogP contribution in [0.5, 0.6) is 0 Å². The van der Waals surface area contributed by atoms with E-state index in [4.69, 9.17) is 37.0 Å². The Bertz CT molecular complexity index is 3160. The highest BCUT2D eigenvalue weighted by atomic mass is 31.2. The summed E-state index contributed by atoms with van der Waals surface area (Å²) in [5, 5.41) is 27.7. The van der Waals surface area contributed by atoms with Crippen molar-refractivity contribution in [3.63, 3.8) is 0 Å². The summed E-state index contributed by atoms with van der Waals surface area (Å²) in [4.78, 5) is 53.5. The number of nitrogens with zero attached hydrogens (tertiary/aromatic N) is 11. The molecule has 8 atom stereocenters. The number of fused-ring (bicyclic) bond motifs is 2.